The summed E-state index contributed by atoms with van der Waals surface area (Å²) in [5.74, 6) is 1.96. The molecule has 2 aromatic heterocycles. The molecule has 2 N–H and O–H groups in total. The fourth-order valence-corrected chi connectivity index (χ4v) is 2.91. The van der Waals surface area contributed by atoms with Gasteiger partial charge in [0.1, 0.15) is 0 Å². The van der Waals surface area contributed by atoms with Crippen molar-refractivity contribution in [3.63, 3.8) is 0 Å². The molecule has 0 unspecified atom stereocenters. The van der Waals surface area contributed by atoms with E-state index in [1.165, 1.54) is 0 Å². The minimum Gasteiger partial charge on any atom is -0.399 e. The fourth-order valence-electron chi connectivity index (χ4n) is 1.52. The van der Waals surface area contributed by atoms with Crippen molar-refractivity contribution in [2.45, 2.75) is 10.6 Å². The van der Waals surface area contributed by atoms with Gasteiger partial charge >= 0.3 is 0 Å². The minimum absolute atomic E-state index is 0.586. The van der Waals surface area contributed by atoms with E-state index in [9.17, 15) is 0 Å². The van der Waals surface area contributed by atoms with E-state index in [4.69, 9.17) is 10.3 Å². The predicted octanol–water partition coefficient (Wildman–Crippen LogP) is 3.67. The molecule has 0 radical (unpaired) electrons. The first-order valence-electron chi connectivity index (χ1n) is 5.66. The number of thiophene rings is 1. The molecule has 0 saturated heterocycles. The van der Waals surface area contributed by atoms with Crippen molar-refractivity contribution in [2.75, 3.05) is 5.73 Å². The van der Waals surface area contributed by atoms with Gasteiger partial charge in [-0.2, -0.15) is 4.98 Å². The summed E-state index contributed by atoms with van der Waals surface area (Å²) >= 11 is 3.24. The van der Waals surface area contributed by atoms with Crippen LogP contribution >= 0.6 is 23.1 Å². The Bertz CT molecular complexity index is 647. The maximum absolute atomic E-state index is 5.64. The predicted molar refractivity (Wildman–Crippen MR) is 78.0 cm³/mol. The maximum atomic E-state index is 5.64. The van der Waals surface area contributed by atoms with Crippen LogP contribution in [0.5, 0.6) is 0 Å². The quantitative estimate of drug-likeness (QED) is 0.586. The molecule has 96 valence electrons. The summed E-state index contributed by atoms with van der Waals surface area (Å²) in [6, 6.07) is 11.7. The highest BCUT2D eigenvalue weighted by Crippen LogP contribution is 2.26. The van der Waals surface area contributed by atoms with E-state index in [0.29, 0.717) is 17.5 Å². The lowest BCUT2D eigenvalue weighted by molar-refractivity contribution is 0.426. The number of hydrogen-bond donors (Lipinski definition) is 1. The zero-order chi connectivity index (χ0) is 13.1. The number of rotatable bonds is 4. The second-order valence-corrected chi connectivity index (χ2v) is 5.85. The van der Waals surface area contributed by atoms with Gasteiger partial charge in [-0.25, -0.2) is 0 Å². The molecule has 0 fully saturated rings. The minimum atomic E-state index is 0.586. The Labute approximate surface area is 118 Å². The Balaban J connectivity index is 1.66. The number of benzene rings is 1. The lowest BCUT2D eigenvalue weighted by atomic mass is 10.3. The molecule has 0 aliphatic heterocycles. The second kappa shape index (κ2) is 5.46. The molecule has 0 saturated carbocycles. The summed E-state index contributed by atoms with van der Waals surface area (Å²) in [4.78, 5) is 6.50. The van der Waals surface area contributed by atoms with Crippen LogP contribution in [0.3, 0.4) is 0 Å². The average Bonchev–Trinajstić information content (AvgIpc) is 3.09. The van der Waals surface area contributed by atoms with Crippen LogP contribution in [0.1, 0.15) is 5.82 Å². The van der Waals surface area contributed by atoms with Crippen molar-refractivity contribution in [3.8, 4) is 10.8 Å². The number of nitrogens with zero attached hydrogens (tertiary/aromatic N) is 2. The van der Waals surface area contributed by atoms with Crippen molar-refractivity contribution in [2.24, 2.45) is 0 Å². The summed E-state index contributed by atoms with van der Waals surface area (Å²) in [7, 11) is 0. The van der Waals surface area contributed by atoms with Gasteiger partial charge in [-0.05, 0) is 35.7 Å². The number of aromatic nitrogens is 2. The monoisotopic (exact) mass is 289 g/mol. The van der Waals surface area contributed by atoms with Crippen molar-refractivity contribution < 1.29 is 4.52 Å². The molecule has 0 amide bonds. The first kappa shape index (κ1) is 12.3. The molecule has 0 aliphatic carbocycles. The van der Waals surface area contributed by atoms with E-state index < -0.39 is 0 Å². The van der Waals surface area contributed by atoms with Gasteiger partial charge < -0.3 is 10.3 Å². The van der Waals surface area contributed by atoms with Crippen LogP contribution in [0.25, 0.3) is 10.8 Å². The average molecular weight is 289 g/mol. The molecule has 0 spiro atoms. The van der Waals surface area contributed by atoms with Gasteiger partial charge in [0.05, 0.1) is 10.6 Å². The Morgan fingerprint density at radius 3 is 2.79 bits per heavy atom. The highest BCUT2D eigenvalue weighted by atomic mass is 32.2. The topological polar surface area (TPSA) is 64.9 Å². The summed E-state index contributed by atoms with van der Waals surface area (Å²) in [6.07, 6.45) is 0. The zero-order valence-corrected chi connectivity index (χ0v) is 11.6. The summed E-state index contributed by atoms with van der Waals surface area (Å²) in [6.45, 7) is 0. The SMILES string of the molecule is Nc1ccc(SCc2noc(-c3cccs3)n2)cc1. The molecule has 3 rings (SSSR count). The molecule has 0 aliphatic rings. The fraction of sp³-hybridized carbons (Fsp3) is 0.0769. The maximum Gasteiger partial charge on any atom is 0.268 e. The van der Waals surface area contributed by atoms with Gasteiger partial charge in [-0.1, -0.05) is 11.2 Å². The van der Waals surface area contributed by atoms with Gasteiger partial charge in [0.25, 0.3) is 5.89 Å². The van der Waals surface area contributed by atoms with E-state index >= 15 is 0 Å². The first-order valence-corrected chi connectivity index (χ1v) is 7.52. The van der Waals surface area contributed by atoms with Gasteiger partial charge in [-0.15, -0.1) is 23.1 Å². The van der Waals surface area contributed by atoms with Crippen LogP contribution in [0.4, 0.5) is 5.69 Å². The first-order chi connectivity index (χ1) is 9.31. The van der Waals surface area contributed by atoms with Gasteiger partial charge in [0.15, 0.2) is 5.82 Å². The lowest BCUT2D eigenvalue weighted by Crippen LogP contribution is -1.85. The van der Waals surface area contributed by atoms with Crippen LogP contribution in [-0.4, -0.2) is 10.1 Å². The van der Waals surface area contributed by atoms with Crippen molar-refractivity contribution >= 4 is 28.8 Å². The Morgan fingerprint density at radius 2 is 2.05 bits per heavy atom. The molecular formula is C13H11N3OS2. The third-order valence-electron chi connectivity index (χ3n) is 2.45. The molecule has 4 nitrogen and oxygen atoms in total. The van der Waals surface area contributed by atoms with Crippen LogP contribution in [0.2, 0.25) is 0 Å². The third-order valence-corrected chi connectivity index (χ3v) is 4.31. The summed E-state index contributed by atoms with van der Waals surface area (Å²) < 4.78 is 5.23. The van der Waals surface area contributed by atoms with Gasteiger partial charge in [-0.3, -0.25) is 0 Å². The highest BCUT2D eigenvalue weighted by Gasteiger charge is 2.09. The normalized spacial score (nSPS) is 10.7. The zero-order valence-electron chi connectivity index (χ0n) is 9.95. The summed E-state index contributed by atoms with van der Waals surface area (Å²) in [5.41, 5.74) is 6.41. The molecule has 19 heavy (non-hydrogen) atoms. The number of hydrogen-bond acceptors (Lipinski definition) is 6. The van der Waals surface area contributed by atoms with Gasteiger partial charge in [0.2, 0.25) is 0 Å². The molecule has 3 aromatic rings. The molecular weight excluding hydrogens is 278 g/mol. The third kappa shape index (κ3) is 2.97. The lowest BCUT2D eigenvalue weighted by Gasteiger charge is -1.98. The van der Waals surface area contributed by atoms with E-state index in [-0.39, 0.29) is 0 Å². The Kier molecular flexibility index (Phi) is 3.52. The van der Waals surface area contributed by atoms with E-state index in [0.717, 1.165) is 15.5 Å². The van der Waals surface area contributed by atoms with Crippen LogP contribution in [0, 0.1) is 0 Å². The number of nitrogen functional groups attached to an aromatic ring is 1. The van der Waals surface area contributed by atoms with E-state index in [1.54, 1.807) is 23.1 Å². The largest absolute Gasteiger partial charge is 0.399 e. The van der Waals surface area contributed by atoms with E-state index in [2.05, 4.69) is 10.1 Å². The van der Waals surface area contributed by atoms with Crippen molar-refractivity contribution in [1.29, 1.82) is 0 Å². The molecule has 2 heterocycles. The van der Waals surface area contributed by atoms with Crippen molar-refractivity contribution in [3.05, 3.63) is 47.6 Å². The molecule has 6 heteroatoms. The van der Waals surface area contributed by atoms with Crippen molar-refractivity contribution in [1.82, 2.24) is 10.1 Å². The van der Waals surface area contributed by atoms with Crippen LogP contribution in [-0.2, 0) is 5.75 Å². The standard InChI is InChI=1S/C13H11N3OS2/c14-9-3-5-10(6-4-9)19-8-12-15-13(17-16-12)11-2-1-7-18-11/h1-7H,8,14H2. The molecule has 0 bridgehead atoms. The Hall–Kier alpha value is -1.79. The molecule has 0 atom stereocenters. The highest BCUT2D eigenvalue weighted by molar-refractivity contribution is 7.98. The van der Waals surface area contributed by atoms with Crippen LogP contribution in [0.15, 0.2) is 51.2 Å². The van der Waals surface area contributed by atoms with Gasteiger partial charge in [0, 0.05) is 10.6 Å². The molecule has 1 aromatic carbocycles. The Morgan fingerprint density at radius 1 is 1.21 bits per heavy atom. The van der Waals surface area contributed by atoms with E-state index in [1.807, 2.05) is 41.8 Å². The number of anilines is 1. The summed E-state index contributed by atoms with van der Waals surface area (Å²) in [5, 5.41) is 5.97. The second-order valence-electron chi connectivity index (χ2n) is 3.85. The number of thioether (sulfide) groups is 1. The smallest absolute Gasteiger partial charge is 0.268 e. The van der Waals surface area contributed by atoms with Crippen LogP contribution < -0.4 is 5.73 Å². The number of nitrogens with two attached hydrogens (primary N) is 1.